The number of esters is 1. The summed E-state index contributed by atoms with van der Waals surface area (Å²) in [5, 5.41) is 0. The average Bonchev–Trinajstić information content (AvgIpc) is 3.04. The van der Waals surface area contributed by atoms with E-state index in [1.165, 1.54) is 0 Å². The number of amides is 1. The predicted octanol–water partition coefficient (Wildman–Crippen LogP) is 4.05. The Balaban J connectivity index is 2.22. The van der Waals surface area contributed by atoms with Gasteiger partial charge in [-0.05, 0) is 43.7 Å². The largest absolute Gasteiger partial charge is 0.461 e. The zero-order valence-electron chi connectivity index (χ0n) is 17.1. The summed E-state index contributed by atoms with van der Waals surface area (Å²) in [6, 6.07) is 3.54. The van der Waals surface area contributed by atoms with E-state index in [2.05, 4.69) is 32.7 Å². The molecule has 0 atom stereocenters. The van der Waals surface area contributed by atoms with Gasteiger partial charge in [-0.25, -0.2) is 9.78 Å². The third-order valence-electron chi connectivity index (χ3n) is 4.42. The van der Waals surface area contributed by atoms with Crippen molar-refractivity contribution in [3.63, 3.8) is 0 Å². The van der Waals surface area contributed by atoms with Crippen LogP contribution in [0, 0.1) is 11.8 Å². The molecule has 0 radical (unpaired) electrons. The van der Waals surface area contributed by atoms with Crippen molar-refractivity contribution < 1.29 is 14.3 Å². The summed E-state index contributed by atoms with van der Waals surface area (Å²) in [7, 11) is 0. The Morgan fingerprint density at radius 3 is 2.26 bits per heavy atom. The minimum Gasteiger partial charge on any atom is -0.461 e. The Kier molecular flexibility index (Phi) is 7.39. The third-order valence-corrected chi connectivity index (χ3v) is 4.42. The summed E-state index contributed by atoms with van der Waals surface area (Å²) in [6.45, 7) is 12.2. The standard InChI is InChI=1S/C21H31N3O3/c1-6-27-21(26)18-14-24-13-17(7-8-19(24)22-18)20(25)23(11-9-15(2)3)12-10-16(4)5/h7-8,13-16H,6,9-12H2,1-5H3. The van der Waals surface area contributed by atoms with E-state index in [9.17, 15) is 9.59 Å². The van der Waals surface area contributed by atoms with Gasteiger partial charge in [0, 0.05) is 25.5 Å². The van der Waals surface area contributed by atoms with Crippen LogP contribution in [0.3, 0.4) is 0 Å². The molecule has 2 rings (SSSR count). The van der Waals surface area contributed by atoms with Crippen LogP contribution in [0.1, 0.15) is 68.3 Å². The van der Waals surface area contributed by atoms with Gasteiger partial charge in [0.25, 0.3) is 5.91 Å². The summed E-state index contributed by atoms with van der Waals surface area (Å²) >= 11 is 0. The maximum atomic E-state index is 13.1. The number of ether oxygens (including phenoxy) is 1. The van der Waals surface area contributed by atoms with Crippen molar-refractivity contribution in [2.24, 2.45) is 11.8 Å². The fraction of sp³-hybridized carbons (Fsp3) is 0.571. The highest BCUT2D eigenvalue weighted by Gasteiger charge is 2.18. The molecule has 27 heavy (non-hydrogen) atoms. The van der Waals surface area contributed by atoms with Gasteiger partial charge in [0.05, 0.1) is 12.2 Å². The lowest BCUT2D eigenvalue weighted by atomic mass is 10.1. The van der Waals surface area contributed by atoms with Crippen LogP contribution in [0.5, 0.6) is 0 Å². The van der Waals surface area contributed by atoms with Crippen LogP contribution in [0.15, 0.2) is 24.5 Å². The van der Waals surface area contributed by atoms with Crippen LogP contribution in [0.4, 0.5) is 0 Å². The zero-order chi connectivity index (χ0) is 20.0. The van der Waals surface area contributed by atoms with Crippen molar-refractivity contribution >= 4 is 17.5 Å². The number of hydrogen-bond donors (Lipinski definition) is 0. The van der Waals surface area contributed by atoms with E-state index < -0.39 is 5.97 Å². The fourth-order valence-electron chi connectivity index (χ4n) is 2.75. The van der Waals surface area contributed by atoms with E-state index in [0.717, 1.165) is 25.9 Å². The smallest absolute Gasteiger partial charge is 0.358 e. The second-order valence-electron chi connectivity index (χ2n) is 7.69. The van der Waals surface area contributed by atoms with Crippen molar-refractivity contribution in [3.8, 4) is 0 Å². The number of carbonyl (C=O) groups is 2. The third kappa shape index (κ3) is 5.81. The molecule has 0 saturated heterocycles. The van der Waals surface area contributed by atoms with Gasteiger partial charge >= 0.3 is 5.97 Å². The fourth-order valence-corrected chi connectivity index (χ4v) is 2.75. The van der Waals surface area contributed by atoms with Gasteiger partial charge < -0.3 is 14.0 Å². The van der Waals surface area contributed by atoms with Gasteiger partial charge in [-0.2, -0.15) is 0 Å². The van der Waals surface area contributed by atoms with Crippen LogP contribution < -0.4 is 0 Å². The first-order valence-electron chi connectivity index (χ1n) is 9.77. The molecule has 0 aliphatic carbocycles. The lowest BCUT2D eigenvalue weighted by molar-refractivity contribution is 0.0520. The second kappa shape index (κ2) is 9.53. The molecule has 0 unspecified atom stereocenters. The van der Waals surface area contributed by atoms with E-state index in [1.54, 1.807) is 35.9 Å². The normalized spacial score (nSPS) is 11.4. The van der Waals surface area contributed by atoms with E-state index in [-0.39, 0.29) is 11.6 Å². The Bertz CT molecular complexity index is 768. The van der Waals surface area contributed by atoms with Crippen LogP contribution in [-0.2, 0) is 4.74 Å². The first-order chi connectivity index (χ1) is 12.8. The number of fused-ring (bicyclic) bond motifs is 1. The lowest BCUT2D eigenvalue weighted by Gasteiger charge is -2.24. The monoisotopic (exact) mass is 373 g/mol. The van der Waals surface area contributed by atoms with E-state index >= 15 is 0 Å². The molecule has 0 aliphatic heterocycles. The summed E-state index contributed by atoms with van der Waals surface area (Å²) in [5.74, 6) is 0.652. The summed E-state index contributed by atoms with van der Waals surface area (Å²) < 4.78 is 6.70. The predicted molar refractivity (Wildman–Crippen MR) is 106 cm³/mol. The number of pyridine rings is 1. The minimum atomic E-state index is -0.454. The van der Waals surface area contributed by atoms with Crippen LogP contribution in [0.25, 0.3) is 5.65 Å². The highest BCUT2D eigenvalue weighted by molar-refractivity contribution is 5.94. The Labute approximate surface area is 161 Å². The molecule has 0 saturated carbocycles. The number of carbonyl (C=O) groups excluding carboxylic acids is 2. The first-order valence-corrected chi connectivity index (χ1v) is 9.77. The van der Waals surface area contributed by atoms with Crippen molar-refractivity contribution in [3.05, 3.63) is 35.8 Å². The highest BCUT2D eigenvalue weighted by Crippen LogP contribution is 2.14. The molecule has 6 nitrogen and oxygen atoms in total. The summed E-state index contributed by atoms with van der Waals surface area (Å²) in [6.07, 6.45) is 5.30. The molecule has 0 N–H and O–H groups in total. The molecule has 6 heteroatoms. The summed E-state index contributed by atoms with van der Waals surface area (Å²) in [4.78, 5) is 31.1. The molecule has 2 aromatic rings. The van der Waals surface area contributed by atoms with Crippen LogP contribution in [0.2, 0.25) is 0 Å². The van der Waals surface area contributed by atoms with Gasteiger partial charge in [-0.3, -0.25) is 4.79 Å². The molecule has 0 bridgehead atoms. The van der Waals surface area contributed by atoms with Crippen molar-refractivity contribution in [2.75, 3.05) is 19.7 Å². The molecule has 2 heterocycles. The van der Waals surface area contributed by atoms with E-state index in [1.807, 2.05) is 4.90 Å². The SMILES string of the molecule is CCOC(=O)c1cn2cc(C(=O)N(CCC(C)C)CCC(C)C)ccc2n1. The zero-order valence-corrected chi connectivity index (χ0v) is 17.1. The van der Waals surface area contributed by atoms with Gasteiger partial charge in [0.15, 0.2) is 5.69 Å². The maximum Gasteiger partial charge on any atom is 0.358 e. The molecule has 0 aromatic carbocycles. The molecule has 148 valence electrons. The average molecular weight is 373 g/mol. The Hall–Kier alpha value is -2.37. The van der Waals surface area contributed by atoms with Crippen molar-refractivity contribution in [1.29, 1.82) is 0 Å². The van der Waals surface area contributed by atoms with Crippen molar-refractivity contribution in [1.82, 2.24) is 14.3 Å². The van der Waals surface area contributed by atoms with Gasteiger partial charge in [-0.1, -0.05) is 27.7 Å². The van der Waals surface area contributed by atoms with Gasteiger partial charge in [0.1, 0.15) is 5.65 Å². The molecule has 0 fully saturated rings. The van der Waals surface area contributed by atoms with Crippen LogP contribution >= 0.6 is 0 Å². The number of aromatic nitrogens is 2. The number of hydrogen-bond acceptors (Lipinski definition) is 4. The highest BCUT2D eigenvalue weighted by atomic mass is 16.5. The molecule has 1 amide bonds. The quantitative estimate of drug-likeness (QED) is 0.622. The number of rotatable bonds is 9. The Morgan fingerprint density at radius 2 is 1.70 bits per heavy atom. The summed E-state index contributed by atoms with van der Waals surface area (Å²) in [5.41, 5.74) is 1.46. The first kappa shape index (κ1) is 20.9. The van der Waals surface area contributed by atoms with Gasteiger partial charge in [-0.15, -0.1) is 0 Å². The maximum absolute atomic E-state index is 13.1. The van der Waals surface area contributed by atoms with Crippen LogP contribution in [-0.4, -0.2) is 45.9 Å². The number of nitrogens with zero attached hydrogens (tertiary/aromatic N) is 3. The topological polar surface area (TPSA) is 63.9 Å². The number of imidazole rings is 1. The van der Waals surface area contributed by atoms with E-state index in [0.29, 0.717) is 29.7 Å². The molecular weight excluding hydrogens is 342 g/mol. The minimum absolute atomic E-state index is 0.0181. The molecular formula is C21H31N3O3. The Morgan fingerprint density at radius 1 is 1.07 bits per heavy atom. The van der Waals surface area contributed by atoms with Crippen molar-refractivity contribution in [2.45, 2.75) is 47.5 Å². The molecule has 0 spiro atoms. The van der Waals surface area contributed by atoms with E-state index in [4.69, 9.17) is 4.74 Å². The lowest BCUT2D eigenvalue weighted by Crippen LogP contribution is -2.34. The molecule has 0 aliphatic rings. The second-order valence-corrected chi connectivity index (χ2v) is 7.69. The molecule has 2 aromatic heterocycles. The van der Waals surface area contributed by atoms with Gasteiger partial charge in [0.2, 0.25) is 0 Å².